The minimum Gasteiger partial charge on any atom is -0.331 e. The van der Waals surface area contributed by atoms with Gasteiger partial charge >= 0.3 is 6.18 Å². The van der Waals surface area contributed by atoms with Gasteiger partial charge in [0.2, 0.25) is 0 Å². The van der Waals surface area contributed by atoms with Gasteiger partial charge < -0.3 is 5.32 Å². The lowest BCUT2D eigenvalue weighted by Gasteiger charge is -2.13. The molecule has 7 heteroatoms. The summed E-state index contributed by atoms with van der Waals surface area (Å²) in [5, 5.41) is 4.92. The summed E-state index contributed by atoms with van der Waals surface area (Å²) < 4.78 is 39.3. The zero-order valence-electron chi connectivity index (χ0n) is 12.1. The van der Waals surface area contributed by atoms with Crippen LogP contribution in [0.4, 0.5) is 24.0 Å². The van der Waals surface area contributed by atoms with E-state index in [2.05, 4.69) is 15.3 Å². The Kier molecular flexibility index (Phi) is 4.04. The highest BCUT2D eigenvalue weighted by Crippen LogP contribution is 2.37. The van der Waals surface area contributed by atoms with Crippen molar-refractivity contribution in [1.29, 1.82) is 0 Å². The number of hydrogen-bond acceptors (Lipinski definition) is 4. The van der Waals surface area contributed by atoms with Crippen LogP contribution < -0.4 is 5.32 Å². The Morgan fingerprint density at radius 1 is 1.09 bits per heavy atom. The number of nitrogens with one attached hydrogen (secondary N) is 1. The predicted molar refractivity (Wildman–Crippen MR) is 84.8 cm³/mol. The van der Waals surface area contributed by atoms with Gasteiger partial charge in [0.1, 0.15) is 5.69 Å². The molecule has 3 rings (SSSR count). The van der Waals surface area contributed by atoms with E-state index in [4.69, 9.17) is 0 Å². The van der Waals surface area contributed by atoms with Crippen LogP contribution in [-0.4, -0.2) is 9.97 Å². The molecule has 1 N–H and O–H groups in total. The second-order valence-corrected chi connectivity index (χ2v) is 5.78. The molecule has 3 aromatic rings. The van der Waals surface area contributed by atoms with Gasteiger partial charge in [-0.15, -0.1) is 11.3 Å². The van der Waals surface area contributed by atoms with E-state index in [1.165, 1.54) is 23.5 Å². The number of pyridine rings is 1. The second-order valence-electron chi connectivity index (χ2n) is 4.92. The summed E-state index contributed by atoms with van der Waals surface area (Å²) in [5.74, 6) is 0. The molecule has 0 aliphatic heterocycles. The number of alkyl halides is 3. The van der Waals surface area contributed by atoms with E-state index in [-0.39, 0.29) is 5.69 Å². The number of nitrogens with zero attached hydrogens (tertiary/aromatic N) is 2. The molecule has 2 aromatic heterocycles. The molecule has 118 valence electrons. The summed E-state index contributed by atoms with van der Waals surface area (Å²) >= 11 is 1.23. The summed E-state index contributed by atoms with van der Waals surface area (Å²) in [6.45, 7) is 1.74. The van der Waals surface area contributed by atoms with Crippen LogP contribution in [0, 0.1) is 6.92 Å². The number of halogens is 3. The van der Waals surface area contributed by atoms with Gasteiger partial charge in [0.25, 0.3) is 0 Å². The van der Waals surface area contributed by atoms with E-state index in [0.717, 1.165) is 11.6 Å². The molecule has 23 heavy (non-hydrogen) atoms. The van der Waals surface area contributed by atoms with E-state index in [9.17, 15) is 13.2 Å². The van der Waals surface area contributed by atoms with Crippen LogP contribution >= 0.6 is 11.3 Å². The Labute approximate surface area is 134 Å². The van der Waals surface area contributed by atoms with Gasteiger partial charge in [-0.1, -0.05) is 12.1 Å². The minimum atomic E-state index is -4.42. The normalized spacial score (nSPS) is 11.5. The van der Waals surface area contributed by atoms with Gasteiger partial charge in [-0.05, 0) is 36.8 Å². The summed E-state index contributed by atoms with van der Waals surface area (Å²) in [4.78, 5) is 8.48. The van der Waals surface area contributed by atoms with Crippen LogP contribution in [-0.2, 0) is 6.18 Å². The highest BCUT2D eigenvalue weighted by atomic mass is 32.1. The Bertz CT molecular complexity index is 813. The van der Waals surface area contributed by atoms with Crippen molar-refractivity contribution in [2.45, 2.75) is 13.1 Å². The standard InChI is InChI=1S/C16H12F3N3S/c1-10-5-6-11(16(17,18)19)13(8-10)21-15-22-14(9-23-15)12-4-2-3-7-20-12/h2-9H,1H3,(H,21,22). The van der Waals surface area contributed by atoms with E-state index < -0.39 is 11.7 Å². The molecule has 0 radical (unpaired) electrons. The summed E-state index contributed by atoms with van der Waals surface area (Å²) in [7, 11) is 0. The summed E-state index contributed by atoms with van der Waals surface area (Å²) in [6, 6.07) is 9.39. The molecule has 0 bridgehead atoms. The van der Waals surface area contributed by atoms with E-state index in [1.807, 2.05) is 6.07 Å². The van der Waals surface area contributed by atoms with Gasteiger partial charge in [-0.2, -0.15) is 13.2 Å². The number of hydrogen-bond donors (Lipinski definition) is 1. The second kappa shape index (κ2) is 6.00. The van der Waals surface area contributed by atoms with Crippen molar-refractivity contribution in [1.82, 2.24) is 9.97 Å². The number of rotatable bonds is 3. The molecule has 0 aliphatic rings. The maximum atomic E-state index is 13.1. The lowest BCUT2D eigenvalue weighted by molar-refractivity contribution is -0.136. The molecule has 2 heterocycles. The molecule has 0 spiro atoms. The summed E-state index contributed by atoms with van der Waals surface area (Å²) in [5.41, 5.74) is 1.33. The largest absolute Gasteiger partial charge is 0.418 e. The monoisotopic (exact) mass is 335 g/mol. The van der Waals surface area contributed by atoms with Crippen LogP contribution in [0.1, 0.15) is 11.1 Å². The zero-order valence-corrected chi connectivity index (χ0v) is 12.9. The lowest BCUT2D eigenvalue weighted by atomic mass is 10.1. The average molecular weight is 335 g/mol. The highest BCUT2D eigenvalue weighted by Gasteiger charge is 2.33. The maximum absolute atomic E-state index is 13.1. The van der Waals surface area contributed by atoms with Gasteiger partial charge in [0.05, 0.1) is 16.9 Å². The van der Waals surface area contributed by atoms with Crippen molar-refractivity contribution in [3.63, 3.8) is 0 Å². The maximum Gasteiger partial charge on any atom is 0.418 e. The molecule has 0 amide bonds. The molecular formula is C16H12F3N3S. The molecule has 1 aromatic carbocycles. The smallest absolute Gasteiger partial charge is 0.331 e. The van der Waals surface area contributed by atoms with E-state index in [1.54, 1.807) is 30.6 Å². The number of aryl methyl sites for hydroxylation is 1. The van der Waals surface area contributed by atoms with Gasteiger partial charge in [0, 0.05) is 11.6 Å². The van der Waals surface area contributed by atoms with Crippen LogP contribution in [0.2, 0.25) is 0 Å². The lowest BCUT2D eigenvalue weighted by Crippen LogP contribution is -2.09. The SMILES string of the molecule is Cc1ccc(C(F)(F)F)c(Nc2nc(-c3ccccn3)cs2)c1. The van der Waals surface area contributed by atoms with Crippen LogP contribution in [0.25, 0.3) is 11.4 Å². The predicted octanol–water partition coefficient (Wildman–Crippen LogP) is 5.28. The quantitative estimate of drug-likeness (QED) is 0.708. The number of anilines is 2. The first-order valence-corrected chi connectivity index (χ1v) is 7.63. The number of benzene rings is 1. The minimum absolute atomic E-state index is 0.000536. The zero-order chi connectivity index (χ0) is 16.4. The van der Waals surface area contributed by atoms with Crippen molar-refractivity contribution in [3.8, 4) is 11.4 Å². The molecular weight excluding hydrogens is 323 g/mol. The Morgan fingerprint density at radius 2 is 1.91 bits per heavy atom. The van der Waals surface area contributed by atoms with Crippen molar-refractivity contribution in [2.24, 2.45) is 0 Å². The van der Waals surface area contributed by atoms with Gasteiger partial charge in [0.15, 0.2) is 5.13 Å². The summed E-state index contributed by atoms with van der Waals surface area (Å²) in [6.07, 6.45) is -2.78. The van der Waals surface area contributed by atoms with Crippen molar-refractivity contribution >= 4 is 22.2 Å². The third-order valence-electron chi connectivity index (χ3n) is 3.15. The molecule has 0 saturated carbocycles. The third-order valence-corrected chi connectivity index (χ3v) is 3.91. The Balaban J connectivity index is 1.91. The topological polar surface area (TPSA) is 37.8 Å². The van der Waals surface area contributed by atoms with Gasteiger partial charge in [-0.25, -0.2) is 4.98 Å². The Morgan fingerprint density at radius 3 is 2.61 bits per heavy atom. The van der Waals surface area contributed by atoms with Crippen LogP contribution in [0.15, 0.2) is 48.0 Å². The van der Waals surface area contributed by atoms with Crippen molar-refractivity contribution in [2.75, 3.05) is 5.32 Å². The molecule has 0 unspecified atom stereocenters. The number of aromatic nitrogens is 2. The molecule has 0 aliphatic carbocycles. The van der Waals surface area contributed by atoms with Crippen molar-refractivity contribution in [3.05, 3.63) is 59.1 Å². The molecule has 3 nitrogen and oxygen atoms in total. The average Bonchev–Trinajstić information content (AvgIpc) is 2.95. The van der Waals surface area contributed by atoms with Crippen LogP contribution in [0.5, 0.6) is 0 Å². The van der Waals surface area contributed by atoms with Gasteiger partial charge in [-0.3, -0.25) is 4.98 Å². The fraction of sp³-hybridized carbons (Fsp3) is 0.125. The fourth-order valence-electron chi connectivity index (χ4n) is 2.09. The third kappa shape index (κ3) is 3.50. The first-order chi connectivity index (χ1) is 10.9. The van der Waals surface area contributed by atoms with Crippen molar-refractivity contribution < 1.29 is 13.2 Å². The molecule has 0 saturated heterocycles. The molecule has 0 fully saturated rings. The molecule has 0 atom stereocenters. The Hall–Kier alpha value is -2.41. The first kappa shape index (κ1) is 15.5. The van der Waals surface area contributed by atoms with E-state index in [0.29, 0.717) is 16.5 Å². The van der Waals surface area contributed by atoms with Crippen LogP contribution in [0.3, 0.4) is 0 Å². The van der Waals surface area contributed by atoms with E-state index >= 15 is 0 Å². The number of thiazole rings is 1. The first-order valence-electron chi connectivity index (χ1n) is 6.75. The highest BCUT2D eigenvalue weighted by molar-refractivity contribution is 7.14. The fourth-order valence-corrected chi connectivity index (χ4v) is 2.80.